The van der Waals surface area contributed by atoms with Crippen LogP contribution in [0.1, 0.15) is 33.6 Å². The van der Waals surface area contributed by atoms with Crippen molar-refractivity contribution in [2.24, 2.45) is 5.92 Å². The number of hydrogen-bond acceptors (Lipinski definition) is 6. The zero-order valence-electron chi connectivity index (χ0n) is 19.4. The van der Waals surface area contributed by atoms with Crippen molar-refractivity contribution >= 4 is 17.7 Å². The Morgan fingerprint density at radius 2 is 1.86 bits per heavy atom. The first kappa shape index (κ1) is 24.5. The molecule has 9 nitrogen and oxygen atoms in total. The molecule has 2 aromatic rings. The number of fused-ring (bicyclic) bond motifs is 1. The number of amides is 3. The summed E-state index contributed by atoms with van der Waals surface area (Å²) in [4.78, 5) is 40.3. The number of carbonyl (C=O) groups is 3. The van der Waals surface area contributed by atoms with Crippen LogP contribution in [-0.2, 0) is 9.53 Å². The van der Waals surface area contributed by atoms with Crippen molar-refractivity contribution < 1.29 is 33.0 Å². The largest absolute Gasteiger partial charge is 0.454 e. The van der Waals surface area contributed by atoms with E-state index in [4.69, 9.17) is 14.2 Å². The molecule has 1 fully saturated rings. The zero-order valence-corrected chi connectivity index (χ0v) is 19.4. The van der Waals surface area contributed by atoms with Crippen LogP contribution in [0.4, 0.5) is 4.39 Å². The van der Waals surface area contributed by atoms with Crippen LogP contribution in [0.3, 0.4) is 0 Å². The minimum atomic E-state index is -0.810. The summed E-state index contributed by atoms with van der Waals surface area (Å²) in [5.74, 6) is -0.866. The monoisotopic (exact) mass is 485 g/mol. The Balaban J connectivity index is 1.44. The Bertz CT molecular complexity index is 1090. The molecule has 0 spiro atoms. The summed E-state index contributed by atoms with van der Waals surface area (Å²) >= 11 is 0. The van der Waals surface area contributed by atoms with E-state index >= 15 is 0 Å². The van der Waals surface area contributed by atoms with Crippen molar-refractivity contribution in [1.82, 2.24) is 15.5 Å². The molecule has 2 heterocycles. The van der Waals surface area contributed by atoms with Gasteiger partial charge in [-0.05, 0) is 49.1 Å². The summed E-state index contributed by atoms with van der Waals surface area (Å²) in [7, 11) is 1.54. The molecule has 0 bridgehead atoms. The van der Waals surface area contributed by atoms with Gasteiger partial charge in [0, 0.05) is 32.3 Å². The van der Waals surface area contributed by atoms with Gasteiger partial charge in [-0.3, -0.25) is 14.4 Å². The fourth-order valence-electron chi connectivity index (χ4n) is 4.29. The number of benzene rings is 2. The molecule has 2 aliphatic heterocycles. The van der Waals surface area contributed by atoms with Crippen molar-refractivity contribution in [3.8, 4) is 11.5 Å². The van der Waals surface area contributed by atoms with Crippen LogP contribution in [0.15, 0.2) is 42.5 Å². The van der Waals surface area contributed by atoms with Gasteiger partial charge in [-0.15, -0.1) is 0 Å². The van der Waals surface area contributed by atoms with Crippen molar-refractivity contribution in [2.45, 2.75) is 18.9 Å². The molecule has 186 valence electrons. The minimum Gasteiger partial charge on any atom is -0.454 e. The Morgan fingerprint density at radius 1 is 1.11 bits per heavy atom. The molecule has 2 N–H and O–H groups in total. The van der Waals surface area contributed by atoms with Crippen LogP contribution in [-0.4, -0.2) is 68.8 Å². The van der Waals surface area contributed by atoms with Gasteiger partial charge in [0.15, 0.2) is 11.5 Å². The van der Waals surface area contributed by atoms with E-state index in [-0.39, 0.29) is 30.1 Å². The van der Waals surface area contributed by atoms with E-state index in [0.29, 0.717) is 56.1 Å². The van der Waals surface area contributed by atoms with Crippen molar-refractivity contribution in [1.29, 1.82) is 0 Å². The molecule has 0 unspecified atom stereocenters. The smallest absolute Gasteiger partial charge is 0.256 e. The van der Waals surface area contributed by atoms with Gasteiger partial charge in [0.25, 0.3) is 11.8 Å². The Kier molecular flexibility index (Phi) is 7.81. The van der Waals surface area contributed by atoms with Crippen molar-refractivity contribution in [3.05, 3.63) is 59.4 Å². The summed E-state index contributed by atoms with van der Waals surface area (Å²) in [6.07, 6.45) is 0.952. The van der Waals surface area contributed by atoms with E-state index in [9.17, 15) is 18.8 Å². The van der Waals surface area contributed by atoms with Gasteiger partial charge in [-0.1, -0.05) is 12.1 Å². The highest BCUT2D eigenvalue weighted by atomic mass is 19.1. The van der Waals surface area contributed by atoms with Crippen LogP contribution >= 0.6 is 0 Å². The number of hydrogen-bond donors (Lipinski definition) is 2. The quantitative estimate of drug-likeness (QED) is 0.554. The first-order valence-corrected chi connectivity index (χ1v) is 11.5. The lowest BCUT2D eigenvalue weighted by atomic mass is 9.88. The molecule has 0 radical (unpaired) electrons. The molecule has 2 aliphatic rings. The molecule has 1 saturated heterocycles. The molecular weight excluding hydrogens is 457 g/mol. The van der Waals surface area contributed by atoms with E-state index in [1.54, 1.807) is 29.2 Å². The molecule has 35 heavy (non-hydrogen) atoms. The SMILES string of the molecule is COCCNC(=O)[C@H](NC(=O)c1ccc2c(c1)OCO2)C1CCN(C(=O)c2ccccc2F)CC1. The lowest BCUT2D eigenvalue weighted by Gasteiger charge is -2.36. The fourth-order valence-corrected chi connectivity index (χ4v) is 4.29. The van der Waals surface area contributed by atoms with E-state index < -0.39 is 17.8 Å². The summed E-state index contributed by atoms with van der Waals surface area (Å²) in [5.41, 5.74) is 0.368. The molecule has 0 aromatic heterocycles. The zero-order chi connectivity index (χ0) is 24.8. The normalized spacial score (nSPS) is 16.0. The van der Waals surface area contributed by atoms with Crippen molar-refractivity contribution in [3.63, 3.8) is 0 Å². The minimum absolute atomic E-state index is 0.0240. The predicted octanol–water partition coefficient (Wildman–Crippen LogP) is 1.97. The lowest BCUT2D eigenvalue weighted by Crippen LogP contribution is -2.54. The molecule has 10 heteroatoms. The highest BCUT2D eigenvalue weighted by molar-refractivity contribution is 5.98. The third kappa shape index (κ3) is 5.71. The first-order valence-electron chi connectivity index (χ1n) is 11.5. The van der Waals surface area contributed by atoms with Crippen LogP contribution < -0.4 is 20.1 Å². The highest BCUT2D eigenvalue weighted by Gasteiger charge is 2.34. The molecular formula is C25H28FN3O6. The summed E-state index contributed by atoms with van der Waals surface area (Å²) in [5, 5.41) is 5.65. The van der Waals surface area contributed by atoms with Gasteiger partial charge >= 0.3 is 0 Å². The molecule has 4 rings (SSSR count). The number of halogens is 1. The average molecular weight is 486 g/mol. The lowest BCUT2D eigenvalue weighted by molar-refractivity contribution is -0.124. The van der Waals surface area contributed by atoms with Gasteiger partial charge in [-0.2, -0.15) is 0 Å². The fraction of sp³-hybridized carbons (Fsp3) is 0.400. The molecule has 2 aromatic carbocycles. The standard InChI is InChI=1S/C25H28FN3O6/c1-33-13-10-27-24(31)22(28-23(30)17-6-7-20-21(14-17)35-15-34-20)16-8-11-29(12-9-16)25(32)18-4-2-3-5-19(18)26/h2-7,14,16,22H,8-13,15H2,1H3,(H,27,31)(H,28,30)/t22-/m1/s1. The number of methoxy groups -OCH3 is 1. The van der Waals surface area contributed by atoms with Gasteiger partial charge in [0.05, 0.1) is 12.2 Å². The Labute approximate surface area is 202 Å². The maximum absolute atomic E-state index is 14.1. The maximum atomic E-state index is 14.1. The van der Waals surface area contributed by atoms with E-state index in [2.05, 4.69) is 10.6 Å². The molecule has 0 saturated carbocycles. The van der Waals surface area contributed by atoms with Crippen LogP contribution in [0, 0.1) is 11.7 Å². The van der Waals surface area contributed by atoms with Crippen molar-refractivity contribution in [2.75, 3.05) is 40.1 Å². The van der Waals surface area contributed by atoms with E-state index in [0.717, 1.165) is 0 Å². The van der Waals surface area contributed by atoms with Crippen LogP contribution in [0.2, 0.25) is 0 Å². The Hall–Kier alpha value is -3.66. The second-order valence-corrected chi connectivity index (χ2v) is 8.41. The number of carbonyl (C=O) groups excluding carboxylic acids is 3. The van der Waals surface area contributed by atoms with Crippen LogP contribution in [0.5, 0.6) is 11.5 Å². The topological polar surface area (TPSA) is 106 Å². The van der Waals surface area contributed by atoms with Crippen LogP contribution in [0.25, 0.3) is 0 Å². The number of nitrogens with zero attached hydrogens (tertiary/aromatic N) is 1. The first-order chi connectivity index (χ1) is 17.0. The highest BCUT2D eigenvalue weighted by Crippen LogP contribution is 2.32. The Morgan fingerprint density at radius 3 is 2.60 bits per heavy atom. The van der Waals surface area contributed by atoms with E-state index in [1.165, 1.54) is 25.3 Å². The summed E-state index contributed by atoms with van der Waals surface area (Å²) < 4.78 is 29.7. The number of ether oxygens (including phenoxy) is 3. The molecule has 0 aliphatic carbocycles. The third-order valence-corrected chi connectivity index (χ3v) is 6.21. The number of piperidine rings is 1. The second kappa shape index (κ2) is 11.2. The van der Waals surface area contributed by atoms with Gasteiger partial charge < -0.3 is 29.7 Å². The van der Waals surface area contributed by atoms with E-state index in [1.807, 2.05) is 0 Å². The maximum Gasteiger partial charge on any atom is 0.256 e. The third-order valence-electron chi connectivity index (χ3n) is 6.21. The van der Waals surface area contributed by atoms with Gasteiger partial charge in [-0.25, -0.2) is 4.39 Å². The number of nitrogens with one attached hydrogen (secondary N) is 2. The predicted molar refractivity (Wildman–Crippen MR) is 124 cm³/mol. The van der Waals surface area contributed by atoms with Gasteiger partial charge in [0.1, 0.15) is 11.9 Å². The summed E-state index contributed by atoms with van der Waals surface area (Å²) in [6, 6.07) is 9.90. The number of likely N-dealkylation sites (tertiary alicyclic amines) is 1. The van der Waals surface area contributed by atoms with Gasteiger partial charge in [0.2, 0.25) is 12.7 Å². The molecule has 3 amide bonds. The average Bonchev–Trinajstić information content (AvgIpc) is 3.35. The molecule has 1 atom stereocenters. The summed E-state index contributed by atoms with van der Waals surface area (Å²) in [6.45, 7) is 1.43. The second-order valence-electron chi connectivity index (χ2n) is 8.41. The number of rotatable bonds is 8.